The fourth-order valence-corrected chi connectivity index (χ4v) is 2.42. The number of carbonyl (C=O) groups excluding carboxylic acids is 2. The van der Waals surface area contributed by atoms with Gasteiger partial charge in [0, 0.05) is 37.7 Å². The SMILES string of the molecule is CC(C)(C)CNC(=O)NCC1CC(=O)N(c2ccccc2)C1. The van der Waals surface area contributed by atoms with Crippen LogP contribution in [0.4, 0.5) is 10.5 Å². The number of rotatable bonds is 4. The zero-order chi connectivity index (χ0) is 16.2. The van der Waals surface area contributed by atoms with E-state index in [0.29, 0.717) is 26.1 Å². The smallest absolute Gasteiger partial charge is 0.314 e. The quantitative estimate of drug-likeness (QED) is 0.897. The second kappa shape index (κ2) is 6.81. The number of amides is 3. The summed E-state index contributed by atoms with van der Waals surface area (Å²) in [7, 11) is 0. The van der Waals surface area contributed by atoms with Crippen LogP contribution in [-0.4, -0.2) is 31.6 Å². The van der Waals surface area contributed by atoms with E-state index in [1.54, 1.807) is 4.90 Å². The first-order valence-corrected chi connectivity index (χ1v) is 7.72. The van der Waals surface area contributed by atoms with Crippen LogP contribution in [0.15, 0.2) is 30.3 Å². The molecule has 22 heavy (non-hydrogen) atoms. The third-order valence-electron chi connectivity index (χ3n) is 3.60. The van der Waals surface area contributed by atoms with E-state index in [4.69, 9.17) is 0 Å². The van der Waals surface area contributed by atoms with E-state index in [2.05, 4.69) is 31.4 Å². The van der Waals surface area contributed by atoms with E-state index in [-0.39, 0.29) is 23.3 Å². The molecule has 3 amide bonds. The minimum Gasteiger partial charge on any atom is -0.338 e. The molecule has 1 aromatic carbocycles. The van der Waals surface area contributed by atoms with Crippen LogP contribution in [0.1, 0.15) is 27.2 Å². The van der Waals surface area contributed by atoms with Crippen LogP contribution in [-0.2, 0) is 4.79 Å². The number of urea groups is 1. The van der Waals surface area contributed by atoms with Crippen LogP contribution in [0.5, 0.6) is 0 Å². The predicted molar refractivity (Wildman–Crippen MR) is 87.8 cm³/mol. The summed E-state index contributed by atoms with van der Waals surface area (Å²) in [6.45, 7) is 8.01. The number of benzene rings is 1. The molecule has 0 bridgehead atoms. The Morgan fingerprint density at radius 1 is 1.23 bits per heavy atom. The lowest BCUT2D eigenvalue weighted by Crippen LogP contribution is -2.42. The van der Waals surface area contributed by atoms with Crippen LogP contribution in [0.25, 0.3) is 0 Å². The van der Waals surface area contributed by atoms with Crippen molar-refractivity contribution in [2.24, 2.45) is 11.3 Å². The van der Waals surface area contributed by atoms with E-state index >= 15 is 0 Å². The van der Waals surface area contributed by atoms with Crippen LogP contribution in [0.2, 0.25) is 0 Å². The Kier molecular flexibility index (Phi) is 5.06. The van der Waals surface area contributed by atoms with Gasteiger partial charge < -0.3 is 15.5 Å². The molecule has 1 aromatic rings. The summed E-state index contributed by atoms with van der Waals surface area (Å²) in [6, 6.07) is 9.49. The van der Waals surface area contributed by atoms with E-state index in [0.717, 1.165) is 5.69 Å². The predicted octanol–water partition coefficient (Wildman–Crippen LogP) is 2.38. The van der Waals surface area contributed by atoms with Crippen molar-refractivity contribution in [3.8, 4) is 0 Å². The third kappa shape index (κ3) is 4.76. The van der Waals surface area contributed by atoms with Gasteiger partial charge in [0.15, 0.2) is 0 Å². The highest BCUT2D eigenvalue weighted by Crippen LogP contribution is 2.24. The second-order valence-corrected chi connectivity index (χ2v) is 7.03. The van der Waals surface area contributed by atoms with Crippen LogP contribution in [0.3, 0.4) is 0 Å². The summed E-state index contributed by atoms with van der Waals surface area (Å²) in [6.07, 6.45) is 0.481. The molecule has 1 atom stereocenters. The molecular formula is C17H25N3O2. The lowest BCUT2D eigenvalue weighted by atomic mass is 9.97. The standard InChI is InChI=1S/C17H25N3O2/c1-17(2,3)12-19-16(22)18-10-13-9-15(21)20(11-13)14-7-5-4-6-8-14/h4-8,13H,9-12H2,1-3H3,(H2,18,19,22). The molecule has 2 rings (SSSR count). The van der Waals surface area contributed by atoms with Crippen molar-refractivity contribution < 1.29 is 9.59 Å². The van der Waals surface area contributed by atoms with Crippen LogP contribution in [0, 0.1) is 11.3 Å². The summed E-state index contributed by atoms with van der Waals surface area (Å²) in [5.74, 6) is 0.279. The summed E-state index contributed by atoms with van der Waals surface area (Å²) >= 11 is 0. The number of carbonyl (C=O) groups is 2. The van der Waals surface area contributed by atoms with Gasteiger partial charge in [0.1, 0.15) is 0 Å². The average Bonchev–Trinajstić information content (AvgIpc) is 2.84. The molecule has 1 unspecified atom stereocenters. The molecule has 5 heteroatoms. The van der Waals surface area contributed by atoms with Crippen molar-refractivity contribution >= 4 is 17.6 Å². The lowest BCUT2D eigenvalue weighted by molar-refractivity contribution is -0.117. The molecule has 1 saturated heterocycles. The van der Waals surface area contributed by atoms with Crippen molar-refractivity contribution in [1.82, 2.24) is 10.6 Å². The minimum atomic E-state index is -0.166. The van der Waals surface area contributed by atoms with Crippen molar-refractivity contribution in [2.45, 2.75) is 27.2 Å². The lowest BCUT2D eigenvalue weighted by Gasteiger charge is -2.20. The Bertz CT molecular complexity index is 522. The maximum absolute atomic E-state index is 12.1. The number of nitrogens with one attached hydrogen (secondary N) is 2. The Hall–Kier alpha value is -2.04. The fourth-order valence-electron chi connectivity index (χ4n) is 2.42. The van der Waals surface area contributed by atoms with Gasteiger partial charge in [-0.25, -0.2) is 4.79 Å². The van der Waals surface area contributed by atoms with E-state index < -0.39 is 0 Å². The number of hydrogen-bond acceptors (Lipinski definition) is 2. The first kappa shape index (κ1) is 16.3. The molecule has 120 valence electrons. The monoisotopic (exact) mass is 303 g/mol. The molecule has 0 aromatic heterocycles. The van der Waals surface area contributed by atoms with Crippen molar-refractivity contribution in [1.29, 1.82) is 0 Å². The molecule has 0 aliphatic carbocycles. The van der Waals surface area contributed by atoms with Gasteiger partial charge in [-0.2, -0.15) is 0 Å². The number of anilines is 1. The zero-order valence-corrected chi connectivity index (χ0v) is 13.6. The van der Waals surface area contributed by atoms with Gasteiger partial charge in [-0.3, -0.25) is 4.79 Å². The van der Waals surface area contributed by atoms with Gasteiger partial charge in [0.05, 0.1) is 0 Å². The van der Waals surface area contributed by atoms with Gasteiger partial charge in [-0.15, -0.1) is 0 Å². The number of hydrogen-bond donors (Lipinski definition) is 2. The Morgan fingerprint density at radius 3 is 2.55 bits per heavy atom. The first-order valence-electron chi connectivity index (χ1n) is 7.72. The highest BCUT2D eigenvalue weighted by molar-refractivity contribution is 5.95. The average molecular weight is 303 g/mol. The minimum absolute atomic E-state index is 0.0603. The number of nitrogens with zero attached hydrogens (tertiary/aromatic N) is 1. The van der Waals surface area contributed by atoms with E-state index in [1.165, 1.54) is 0 Å². The summed E-state index contributed by atoms with van der Waals surface area (Å²) < 4.78 is 0. The van der Waals surface area contributed by atoms with Crippen LogP contribution < -0.4 is 15.5 Å². The Morgan fingerprint density at radius 2 is 1.91 bits per heavy atom. The summed E-state index contributed by atoms with van der Waals surface area (Å²) in [5, 5.41) is 5.71. The van der Waals surface area contributed by atoms with Gasteiger partial charge in [-0.05, 0) is 17.5 Å². The largest absolute Gasteiger partial charge is 0.338 e. The summed E-state index contributed by atoms with van der Waals surface area (Å²) in [4.78, 5) is 25.6. The molecule has 0 radical (unpaired) electrons. The highest BCUT2D eigenvalue weighted by Gasteiger charge is 2.30. The van der Waals surface area contributed by atoms with E-state index in [1.807, 2.05) is 30.3 Å². The molecule has 1 aliphatic heterocycles. The normalized spacial score (nSPS) is 18.4. The highest BCUT2D eigenvalue weighted by atomic mass is 16.2. The van der Waals surface area contributed by atoms with Gasteiger partial charge in [0.2, 0.25) is 5.91 Å². The molecular weight excluding hydrogens is 278 g/mol. The van der Waals surface area contributed by atoms with Gasteiger partial charge in [0.25, 0.3) is 0 Å². The zero-order valence-electron chi connectivity index (χ0n) is 13.6. The topological polar surface area (TPSA) is 61.4 Å². The van der Waals surface area contributed by atoms with Crippen LogP contribution >= 0.6 is 0 Å². The molecule has 1 fully saturated rings. The Balaban J connectivity index is 1.79. The fraction of sp³-hybridized carbons (Fsp3) is 0.529. The molecule has 0 spiro atoms. The molecule has 0 saturated carbocycles. The van der Waals surface area contributed by atoms with Crippen molar-refractivity contribution in [2.75, 3.05) is 24.5 Å². The van der Waals surface area contributed by atoms with Gasteiger partial charge in [-0.1, -0.05) is 39.0 Å². The molecule has 1 heterocycles. The maximum atomic E-state index is 12.1. The van der Waals surface area contributed by atoms with E-state index in [9.17, 15) is 9.59 Å². The maximum Gasteiger partial charge on any atom is 0.314 e. The number of para-hydroxylation sites is 1. The van der Waals surface area contributed by atoms with Crippen molar-refractivity contribution in [3.05, 3.63) is 30.3 Å². The third-order valence-corrected chi connectivity index (χ3v) is 3.60. The van der Waals surface area contributed by atoms with Gasteiger partial charge >= 0.3 is 6.03 Å². The van der Waals surface area contributed by atoms with Crippen molar-refractivity contribution in [3.63, 3.8) is 0 Å². The molecule has 1 aliphatic rings. The second-order valence-electron chi connectivity index (χ2n) is 7.03. The Labute approximate surface area is 132 Å². The molecule has 2 N–H and O–H groups in total. The first-order chi connectivity index (χ1) is 10.3. The summed E-state index contributed by atoms with van der Waals surface area (Å²) in [5.41, 5.74) is 0.984. The molecule has 5 nitrogen and oxygen atoms in total.